The van der Waals surface area contributed by atoms with Crippen molar-refractivity contribution < 1.29 is 14.3 Å². The number of hydrogen-bond acceptors (Lipinski definition) is 4. The van der Waals surface area contributed by atoms with Gasteiger partial charge >= 0.3 is 0 Å². The van der Waals surface area contributed by atoms with Crippen LogP contribution in [0.5, 0.6) is 11.5 Å². The Hall–Kier alpha value is -2.73. The molecule has 162 valence electrons. The largest absolute Gasteiger partial charge is 0.493 e. The van der Waals surface area contributed by atoms with E-state index in [4.69, 9.17) is 32.7 Å². The molecule has 0 radical (unpaired) electrons. The molecule has 0 saturated heterocycles. The first-order valence-corrected chi connectivity index (χ1v) is 11.2. The predicted molar refractivity (Wildman–Crippen MR) is 135 cm³/mol. The lowest BCUT2D eigenvalue weighted by molar-refractivity contribution is -0.112. The minimum atomic E-state index is -0.561. The molecule has 5 nitrogen and oxygen atoms in total. The molecule has 0 aliphatic heterocycles. The van der Waals surface area contributed by atoms with Gasteiger partial charge in [0.1, 0.15) is 18.2 Å². The molecule has 32 heavy (non-hydrogen) atoms. The molecule has 0 heterocycles. The van der Waals surface area contributed by atoms with Gasteiger partial charge in [-0.05, 0) is 64.6 Å². The molecule has 0 aliphatic carbocycles. The van der Waals surface area contributed by atoms with Crippen LogP contribution in [0, 0.1) is 14.9 Å². The lowest BCUT2D eigenvalue weighted by Crippen LogP contribution is -2.13. The predicted octanol–water partition coefficient (Wildman–Crippen LogP) is 6.73. The molecule has 8 heteroatoms. The highest BCUT2D eigenvalue weighted by Crippen LogP contribution is 2.35. The van der Waals surface area contributed by atoms with Crippen molar-refractivity contribution in [2.24, 2.45) is 0 Å². The van der Waals surface area contributed by atoms with Crippen LogP contribution in [-0.4, -0.2) is 13.0 Å². The fourth-order valence-corrected chi connectivity index (χ4v) is 3.95. The maximum absolute atomic E-state index is 12.6. The molecule has 0 saturated carbocycles. The summed E-state index contributed by atoms with van der Waals surface area (Å²) >= 11 is 14.4. The average Bonchev–Trinajstić information content (AvgIpc) is 2.78. The van der Waals surface area contributed by atoms with Gasteiger partial charge in [-0.15, -0.1) is 0 Å². The third kappa shape index (κ3) is 5.94. The van der Waals surface area contributed by atoms with E-state index in [9.17, 15) is 10.1 Å². The van der Waals surface area contributed by atoms with Gasteiger partial charge in [0.05, 0.1) is 21.4 Å². The lowest BCUT2D eigenvalue weighted by atomic mass is 10.1. The zero-order valence-electron chi connectivity index (χ0n) is 16.9. The Morgan fingerprint density at radius 2 is 1.81 bits per heavy atom. The van der Waals surface area contributed by atoms with Crippen LogP contribution in [0.4, 0.5) is 5.69 Å². The van der Waals surface area contributed by atoms with E-state index < -0.39 is 5.91 Å². The molecule has 0 aliphatic rings. The Morgan fingerprint density at radius 3 is 2.47 bits per heavy atom. The third-order valence-corrected chi connectivity index (χ3v) is 5.88. The van der Waals surface area contributed by atoms with Crippen LogP contribution in [0.25, 0.3) is 6.08 Å². The van der Waals surface area contributed by atoms with Gasteiger partial charge in [0.2, 0.25) is 0 Å². The van der Waals surface area contributed by atoms with Crippen LogP contribution in [0.1, 0.15) is 11.1 Å². The molecule has 0 aromatic heterocycles. The normalized spacial score (nSPS) is 10.9. The van der Waals surface area contributed by atoms with Gasteiger partial charge in [0.15, 0.2) is 11.5 Å². The number of benzene rings is 3. The molecule has 0 fully saturated rings. The summed E-state index contributed by atoms with van der Waals surface area (Å²) < 4.78 is 12.2. The Balaban J connectivity index is 1.84. The fourth-order valence-electron chi connectivity index (χ4n) is 2.80. The SMILES string of the molecule is COc1cc(/C=C(/C#N)C(=O)Nc2ccccc2Cl)cc(I)c1OCc1ccccc1Cl. The Bertz CT molecular complexity index is 1220. The number of halogens is 3. The van der Waals surface area contributed by atoms with Gasteiger partial charge in [0.25, 0.3) is 5.91 Å². The minimum absolute atomic E-state index is 0.0764. The zero-order chi connectivity index (χ0) is 23.1. The molecule has 3 rings (SSSR count). The van der Waals surface area contributed by atoms with Crippen molar-refractivity contribution in [1.82, 2.24) is 0 Å². The molecule has 1 N–H and O–H groups in total. The second kappa shape index (κ2) is 11.2. The zero-order valence-corrected chi connectivity index (χ0v) is 20.5. The first-order chi connectivity index (χ1) is 15.4. The molecule has 3 aromatic carbocycles. The number of carbonyl (C=O) groups excluding carboxylic acids is 1. The monoisotopic (exact) mass is 578 g/mol. The van der Waals surface area contributed by atoms with Gasteiger partial charge in [-0.1, -0.05) is 53.5 Å². The Kier molecular flexibility index (Phi) is 8.39. The summed E-state index contributed by atoms with van der Waals surface area (Å²) in [5.74, 6) is 0.455. The van der Waals surface area contributed by atoms with Crippen molar-refractivity contribution in [2.75, 3.05) is 12.4 Å². The molecular formula is C24H17Cl2IN2O3. The number of hydrogen-bond donors (Lipinski definition) is 1. The van der Waals surface area contributed by atoms with Crippen molar-refractivity contribution in [3.05, 3.63) is 91.0 Å². The van der Waals surface area contributed by atoms with Crippen LogP contribution in [0.2, 0.25) is 10.0 Å². The first kappa shape index (κ1) is 23.9. The molecule has 0 unspecified atom stereocenters. The van der Waals surface area contributed by atoms with E-state index in [2.05, 4.69) is 27.9 Å². The van der Waals surface area contributed by atoms with Crippen LogP contribution in [0.15, 0.2) is 66.2 Å². The smallest absolute Gasteiger partial charge is 0.266 e. The number of para-hydroxylation sites is 1. The van der Waals surface area contributed by atoms with Gasteiger partial charge < -0.3 is 14.8 Å². The maximum atomic E-state index is 12.6. The fraction of sp³-hybridized carbons (Fsp3) is 0.0833. The van der Waals surface area contributed by atoms with Gasteiger partial charge in [-0.25, -0.2) is 0 Å². The van der Waals surface area contributed by atoms with E-state index in [0.29, 0.717) is 32.8 Å². The molecule has 0 spiro atoms. The highest BCUT2D eigenvalue weighted by atomic mass is 127. The number of carbonyl (C=O) groups is 1. The van der Waals surface area contributed by atoms with Crippen LogP contribution in [0.3, 0.4) is 0 Å². The van der Waals surface area contributed by atoms with E-state index in [-0.39, 0.29) is 12.2 Å². The van der Waals surface area contributed by atoms with Crippen molar-refractivity contribution in [3.8, 4) is 17.6 Å². The van der Waals surface area contributed by atoms with Crippen molar-refractivity contribution in [3.63, 3.8) is 0 Å². The van der Waals surface area contributed by atoms with Crippen LogP contribution >= 0.6 is 45.8 Å². The van der Waals surface area contributed by atoms with E-state index in [1.54, 1.807) is 42.5 Å². The number of methoxy groups -OCH3 is 1. The van der Waals surface area contributed by atoms with E-state index in [0.717, 1.165) is 9.13 Å². The van der Waals surface area contributed by atoms with Gasteiger partial charge in [-0.2, -0.15) is 5.26 Å². The van der Waals surface area contributed by atoms with Gasteiger partial charge in [-0.3, -0.25) is 4.79 Å². The van der Waals surface area contributed by atoms with Gasteiger partial charge in [0, 0.05) is 10.6 Å². The van der Waals surface area contributed by atoms with E-state index in [1.165, 1.54) is 13.2 Å². The third-order valence-electron chi connectivity index (χ3n) is 4.38. The number of amides is 1. The van der Waals surface area contributed by atoms with Crippen molar-refractivity contribution >= 4 is 63.5 Å². The van der Waals surface area contributed by atoms with Crippen LogP contribution < -0.4 is 14.8 Å². The number of anilines is 1. The molecule has 0 bridgehead atoms. The Labute approximate surface area is 209 Å². The summed E-state index contributed by atoms with van der Waals surface area (Å²) in [6.45, 7) is 0.269. The van der Waals surface area contributed by atoms with E-state index in [1.807, 2.05) is 24.3 Å². The summed E-state index contributed by atoms with van der Waals surface area (Å²) in [5, 5.41) is 13.2. The topological polar surface area (TPSA) is 71.3 Å². The minimum Gasteiger partial charge on any atom is -0.493 e. The number of nitrogens with zero attached hydrogens (tertiary/aromatic N) is 1. The molecular weight excluding hydrogens is 562 g/mol. The number of rotatable bonds is 7. The summed E-state index contributed by atoms with van der Waals surface area (Å²) in [5.41, 5.74) is 1.81. The average molecular weight is 579 g/mol. The second-order valence-corrected chi connectivity index (χ2v) is 8.49. The number of nitrogens with one attached hydrogen (secondary N) is 1. The summed E-state index contributed by atoms with van der Waals surface area (Å²) in [4.78, 5) is 12.6. The highest BCUT2D eigenvalue weighted by molar-refractivity contribution is 14.1. The Morgan fingerprint density at radius 1 is 1.12 bits per heavy atom. The number of nitriles is 1. The molecule has 1 amide bonds. The summed E-state index contributed by atoms with van der Waals surface area (Å²) in [6.07, 6.45) is 1.48. The number of ether oxygens (including phenoxy) is 2. The highest BCUT2D eigenvalue weighted by Gasteiger charge is 2.15. The second-order valence-electron chi connectivity index (χ2n) is 6.52. The standard InChI is InChI=1S/C24H17Cl2IN2O3/c1-31-22-12-15(10-17(13-28)24(30)29-21-9-5-4-8-19(21)26)11-20(27)23(22)32-14-16-6-2-3-7-18(16)25/h2-12H,14H2,1H3,(H,29,30)/b17-10-. The quantitative estimate of drug-likeness (QED) is 0.192. The first-order valence-electron chi connectivity index (χ1n) is 9.34. The van der Waals surface area contributed by atoms with Crippen molar-refractivity contribution in [1.29, 1.82) is 5.26 Å². The van der Waals surface area contributed by atoms with Crippen molar-refractivity contribution in [2.45, 2.75) is 6.61 Å². The molecule has 3 aromatic rings. The van der Waals surface area contributed by atoms with E-state index >= 15 is 0 Å². The lowest BCUT2D eigenvalue weighted by Gasteiger charge is -2.14. The van der Waals surface area contributed by atoms with Crippen LogP contribution in [-0.2, 0) is 11.4 Å². The summed E-state index contributed by atoms with van der Waals surface area (Å²) in [7, 11) is 1.52. The molecule has 0 atom stereocenters. The summed E-state index contributed by atoms with van der Waals surface area (Å²) in [6, 6.07) is 19.7. The maximum Gasteiger partial charge on any atom is 0.266 e.